The second kappa shape index (κ2) is 5.30. The maximum Gasteiger partial charge on any atom is 0.306 e. The molecule has 2 N–H and O–H groups in total. The molecule has 19 heavy (non-hydrogen) atoms. The molecule has 2 rings (SSSR count). The molecule has 0 aromatic heterocycles. The van der Waals surface area contributed by atoms with Crippen LogP contribution in [0.15, 0.2) is 29.2 Å². The van der Waals surface area contributed by atoms with Gasteiger partial charge in [0.2, 0.25) is 10.0 Å². The molecule has 5 nitrogen and oxygen atoms in total. The highest BCUT2D eigenvalue weighted by molar-refractivity contribution is 7.89. The highest BCUT2D eigenvalue weighted by Crippen LogP contribution is 2.27. The van der Waals surface area contributed by atoms with Crippen LogP contribution in [0.25, 0.3) is 0 Å². The average Bonchev–Trinajstić information content (AvgIpc) is 2.77. The largest absolute Gasteiger partial charge is 0.481 e. The number of aryl methyl sites for hydroxylation is 1. The van der Waals surface area contributed by atoms with E-state index in [-0.39, 0.29) is 10.9 Å². The average molecular weight is 283 g/mol. The Morgan fingerprint density at radius 3 is 2.42 bits per heavy atom. The number of hydrogen-bond donors (Lipinski definition) is 2. The lowest BCUT2D eigenvalue weighted by atomic mass is 10.1. The van der Waals surface area contributed by atoms with Gasteiger partial charge in [0, 0.05) is 6.04 Å². The van der Waals surface area contributed by atoms with Crippen LogP contribution in [0.5, 0.6) is 0 Å². The van der Waals surface area contributed by atoms with Crippen LogP contribution < -0.4 is 4.72 Å². The van der Waals surface area contributed by atoms with Gasteiger partial charge in [0.1, 0.15) is 0 Å². The maximum atomic E-state index is 12.1. The van der Waals surface area contributed by atoms with E-state index in [1.807, 2.05) is 6.92 Å². The van der Waals surface area contributed by atoms with E-state index in [9.17, 15) is 13.2 Å². The predicted octanol–water partition coefficient (Wildman–Crippen LogP) is 1.53. The van der Waals surface area contributed by atoms with Gasteiger partial charge in [-0.25, -0.2) is 13.1 Å². The summed E-state index contributed by atoms with van der Waals surface area (Å²) in [6.45, 7) is 1.89. The van der Waals surface area contributed by atoms with Gasteiger partial charge in [-0.15, -0.1) is 0 Å². The van der Waals surface area contributed by atoms with Gasteiger partial charge in [0.25, 0.3) is 0 Å². The Morgan fingerprint density at radius 1 is 1.26 bits per heavy atom. The second-order valence-electron chi connectivity index (χ2n) is 4.98. The summed E-state index contributed by atoms with van der Waals surface area (Å²) in [7, 11) is -3.55. The lowest BCUT2D eigenvalue weighted by Crippen LogP contribution is -2.33. The molecule has 104 valence electrons. The van der Waals surface area contributed by atoms with Crippen LogP contribution in [0.4, 0.5) is 0 Å². The van der Waals surface area contributed by atoms with Gasteiger partial charge in [-0.1, -0.05) is 17.7 Å². The number of carboxylic acids is 1. The zero-order valence-corrected chi connectivity index (χ0v) is 11.5. The Kier molecular flexibility index (Phi) is 3.91. The van der Waals surface area contributed by atoms with E-state index < -0.39 is 21.9 Å². The van der Waals surface area contributed by atoms with E-state index in [2.05, 4.69) is 4.72 Å². The molecular formula is C13H17NO4S. The van der Waals surface area contributed by atoms with Crippen molar-refractivity contribution in [3.05, 3.63) is 29.8 Å². The van der Waals surface area contributed by atoms with E-state index in [4.69, 9.17) is 5.11 Å². The fourth-order valence-corrected chi connectivity index (χ4v) is 3.60. The van der Waals surface area contributed by atoms with Crippen molar-refractivity contribution >= 4 is 16.0 Å². The summed E-state index contributed by atoms with van der Waals surface area (Å²) >= 11 is 0. The Balaban J connectivity index is 2.06. The number of carboxylic acid groups (broad SMARTS) is 1. The number of aliphatic carboxylic acids is 1. The number of rotatable bonds is 4. The van der Waals surface area contributed by atoms with Crippen LogP contribution in [-0.2, 0) is 14.8 Å². The van der Waals surface area contributed by atoms with Gasteiger partial charge >= 0.3 is 5.97 Å². The quantitative estimate of drug-likeness (QED) is 0.877. The standard InChI is InChI=1S/C13H17NO4S/c1-9-2-6-12(7-3-9)19(17,18)14-11-5-4-10(8-11)13(15)16/h2-3,6-7,10-11,14H,4-5,8H2,1H3,(H,15,16)/t10-,11+/m1/s1. The first kappa shape index (κ1) is 14.0. The molecule has 6 heteroatoms. The Bertz CT molecular complexity index is 565. The number of hydrogen-bond acceptors (Lipinski definition) is 3. The van der Waals surface area contributed by atoms with Crippen LogP contribution in [0.2, 0.25) is 0 Å². The molecule has 1 aromatic carbocycles. The first-order valence-corrected chi connectivity index (χ1v) is 7.68. The first-order chi connectivity index (χ1) is 8.88. The summed E-state index contributed by atoms with van der Waals surface area (Å²) < 4.78 is 26.8. The SMILES string of the molecule is Cc1ccc(S(=O)(=O)N[C@H]2CC[C@@H](C(=O)O)C2)cc1. The Labute approximate surface area is 112 Å². The van der Waals surface area contributed by atoms with E-state index in [1.165, 1.54) is 0 Å². The molecular weight excluding hydrogens is 266 g/mol. The maximum absolute atomic E-state index is 12.1. The van der Waals surface area contributed by atoms with Crippen LogP contribution in [-0.4, -0.2) is 25.5 Å². The van der Waals surface area contributed by atoms with Crippen molar-refractivity contribution in [2.75, 3.05) is 0 Å². The number of benzene rings is 1. The van der Waals surface area contributed by atoms with E-state index in [0.29, 0.717) is 19.3 Å². The van der Waals surface area contributed by atoms with Crippen LogP contribution in [0.1, 0.15) is 24.8 Å². The molecule has 0 radical (unpaired) electrons. The van der Waals surface area contributed by atoms with Gasteiger partial charge < -0.3 is 5.11 Å². The monoisotopic (exact) mass is 283 g/mol. The van der Waals surface area contributed by atoms with Crippen molar-refractivity contribution in [3.8, 4) is 0 Å². The molecule has 2 atom stereocenters. The van der Waals surface area contributed by atoms with Crippen molar-refractivity contribution in [1.82, 2.24) is 4.72 Å². The van der Waals surface area contributed by atoms with Crippen LogP contribution in [0, 0.1) is 12.8 Å². The van der Waals surface area contributed by atoms with Crippen LogP contribution >= 0.6 is 0 Å². The fraction of sp³-hybridized carbons (Fsp3) is 0.462. The minimum atomic E-state index is -3.55. The number of carbonyl (C=O) groups is 1. The first-order valence-electron chi connectivity index (χ1n) is 6.20. The number of sulfonamides is 1. The van der Waals surface area contributed by atoms with Gasteiger partial charge in [0.05, 0.1) is 10.8 Å². The summed E-state index contributed by atoms with van der Waals surface area (Å²) in [5.74, 6) is -1.29. The smallest absolute Gasteiger partial charge is 0.306 e. The zero-order valence-electron chi connectivity index (χ0n) is 10.7. The topological polar surface area (TPSA) is 83.5 Å². The van der Waals surface area contributed by atoms with Crippen molar-refractivity contribution in [3.63, 3.8) is 0 Å². The zero-order chi connectivity index (χ0) is 14.0. The minimum Gasteiger partial charge on any atom is -0.481 e. The van der Waals surface area contributed by atoms with Crippen molar-refractivity contribution in [2.24, 2.45) is 5.92 Å². The molecule has 0 heterocycles. The number of nitrogens with one attached hydrogen (secondary N) is 1. The van der Waals surface area contributed by atoms with E-state index in [1.54, 1.807) is 24.3 Å². The van der Waals surface area contributed by atoms with Gasteiger partial charge in [-0.2, -0.15) is 0 Å². The van der Waals surface area contributed by atoms with Crippen LogP contribution in [0.3, 0.4) is 0 Å². The summed E-state index contributed by atoms with van der Waals surface area (Å²) in [5.41, 5.74) is 0.991. The van der Waals surface area contributed by atoms with Gasteiger partial charge in [-0.05, 0) is 38.3 Å². The molecule has 0 saturated heterocycles. The highest BCUT2D eigenvalue weighted by atomic mass is 32.2. The molecule has 1 aromatic rings. The molecule has 1 fully saturated rings. The Hall–Kier alpha value is -1.40. The van der Waals surface area contributed by atoms with Crippen molar-refractivity contribution < 1.29 is 18.3 Å². The summed E-state index contributed by atoms with van der Waals surface area (Å²) in [6, 6.07) is 6.31. The molecule has 1 aliphatic carbocycles. The lowest BCUT2D eigenvalue weighted by Gasteiger charge is -2.13. The minimum absolute atomic E-state index is 0.219. The third-order valence-electron chi connectivity index (χ3n) is 3.43. The molecule has 1 aliphatic rings. The Morgan fingerprint density at radius 2 is 1.89 bits per heavy atom. The fourth-order valence-electron chi connectivity index (χ4n) is 2.32. The summed E-state index contributed by atoms with van der Waals surface area (Å²) in [5, 5.41) is 8.90. The van der Waals surface area contributed by atoms with E-state index >= 15 is 0 Å². The third-order valence-corrected chi connectivity index (χ3v) is 4.97. The highest BCUT2D eigenvalue weighted by Gasteiger charge is 2.32. The van der Waals surface area contributed by atoms with E-state index in [0.717, 1.165) is 5.56 Å². The van der Waals surface area contributed by atoms with Crippen molar-refractivity contribution in [1.29, 1.82) is 0 Å². The van der Waals surface area contributed by atoms with Gasteiger partial charge in [0.15, 0.2) is 0 Å². The molecule has 1 saturated carbocycles. The second-order valence-corrected chi connectivity index (χ2v) is 6.69. The predicted molar refractivity (Wildman–Crippen MR) is 70.3 cm³/mol. The lowest BCUT2D eigenvalue weighted by molar-refractivity contribution is -0.141. The molecule has 0 bridgehead atoms. The third kappa shape index (κ3) is 3.33. The van der Waals surface area contributed by atoms with Gasteiger partial charge in [-0.3, -0.25) is 4.79 Å². The summed E-state index contributed by atoms with van der Waals surface area (Å²) in [4.78, 5) is 11.1. The normalized spacial score (nSPS) is 23.4. The van der Waals surface area contributed by atoms with Crippen molar-refractivity contribution in [2.45, 2.75) is 37.1 Å². The molecule has 0 unspecified atom stereocenters. The molecule has 0 amide bonds. The summed E-state index contributed by atoms with van der Waals surface area (Å²) in [6.07, 6.45) is 1.46. The molecule has 0 aliphatic heterocycles. The molecule has 0 spiro atoms.